The second-order valence-corrected chi connectivity index (χ2v) is 3.78. The first-order valence-electron chi connectivity index (χ1n) is 5.48. The molecule has 20 heavy (non-hydrogen) atoms. The van der Waals surface area contributed by atoms with Crippen LogP contribution in [0.25, 0.3) is 0 Å². The smallest absolute Gasteiger partial charge is 0.314 e. The Kier molecular flexibility index (Phi) is 6.74. The van der Waals surface area contributed by atoms with Gasteiger partial charge in [-0.3, -0.25) is 14.9 Å². The van der Waals surface area contributed by atoms with Gasteiger partial charge in [0.15, 0.2) is 5.75 Å². The topological polar surface area (TPSA) is 136 Å². The first-order valence-corrected chi connectivity index (χ1v) is 5.48. The number of phenols is 2. The molecular weight excluding hydrogens is 292 g/mol. The lowest BCUT2D eigenvalue weighted by Gasteiger charge is -2.12. The fraction of sp³-hybridized carbons (Fsp3) is 0.364. The van der Waals surface area contributed by atoms with Crippen LogP contribution in [0.5, 0.6) is 11.5 Å². The summed E-state index contributed by atoms with van der Waals surface area (Å²) in [5.74, 6) is -2.05. The number of carbonyl (C=O) groups excluding carboxylic acids is 1. The van der Waals surface area contributed by atoms with Crippen molar-refractivity contribution >= 4 is 24.1 Å². The predicted molar refractivity (Wildman–Crippen MR) is 71.9 cm³/mol. The Labute approximate surface area is 120 Å². The number of carbonyl (C=O) groups is 1. The Bertz CT molecular complexity index is 508. The van der Waals surface area contributed by atoms with Gasteiger partial charge in [-0.15, -0.1) is 12.4 Å². The largest absolute Gasteiger partial charge is 0.504 e. The number of benzene rings is 1. The second-order valence-electron chi connectivity index (χ2n) is 3.78. The molecule has 0 saturated heterocycles. The number of nitro groups is 1. The van der Waals surface area contributed by atoms with Crippen LogP contribution >= 0.6 is 12.4 Å². The number of rotatable bonds is 5. The van der Waals surface area contributed by atoms with Crippen molar-refractivity contribution in [2.24, 2.45) is 5.73 Å². The third-order valence-electron chi connectivity index (χ3n) is 2.41. The molecule has 0 radical (unpaired) electrons. The zero-order valence-electron chi connectivity index (χ0n) is 10.6. The molecule has 0 aliphatic rings. The number of aromatic hydroxyl groups is 2. The molecule has 1 rings (SSSR count). The molecule has 0 unspecified atom stereocenters. The van der Waals surface area contributed by atoms with Crippen LogP contribution in [0.3, 0.4) is 0 Å². The van der Waals surface area contributed by atoms with Crippen molar-refractivity contribution in [1.29, 1.82) is 0 Å². The number of hydrogen-bond donors (Lipinski definition) is 3. The van der Waals surface area contributed by atoms with Crippen LogP contribution in [0.2, 0.25) is 0 Å². The first kappa shape index (κ1) is 17.9. The van der Waals surface area contributed by atoms with E-state index in [0.29, 0.717) is 0 Å². The maximum Gasteiger partial charge on any atom is 0.314 e. The van der Waals surface area contributed by atoms with E-state index in [1.165, 1.54) is 0 Å². The summed E-state index contributed by atoms with van der Waals surface area (Å²) in [6.45, 7) is 1.84. The molecule has 9 heteroatoms. The normalized spacial score (nSPS) is 11.3. The number of nitrogens with two attached hydrogens (primary N) is 1. The lowest BCUT2D eigenvalue weighted by Crippen LogP contribution is -2.17. The zero-order valence-corrected chi connectivity index (χ0v) is 11.4. The van der Waals surface area contributed by atoms with Gasteiger partial charge in [0.1, 0.15) is 0 Å². The van der Waals surface area contributed by atoms with Crippen LogP contribution in [-0.2, 0) is 9.53 Å². The number of halogens is 1. The van der Waals surface area contributed by atoms with Gasteiger partial charge in [-0.1, -0.05) is 0 Å². The van der Waals surface area contributed by atoms with Crippen LogP contribution in [0, 0.1) is 10.1 Å². The number of hydrogen-bond acceptors (Lipinski definition) is 7. The molecule has 0 heterocycles. The number of ether oxygens (including phenoxy) is 1. The van der Waals surface area contributed by atoms with E-state index in [2.05, 4.69) is 0 Å². The fourth-order valence-corrected chi connectivity index (χ4v) is 1.50. The molecular formula is C11H15ClN2O6. The molecule has 4 N–H and O–H groups in total. The van der Waals surface area contributed by atoms with Gasteiger partial charge >= 0.3 is 11.7 Å². The van der Waals surface area contributed by atoms with Crippen molar-refractivity contribution in [3.05, 3.63) is 27.8 Å². The third-order valence-corrected chi connectivity index (χ3v) is 2.41. The number of esters is 1. The maximum absolute atomic E-state index is 11.2. The molecule has 0 spiro atoms. The summed E-state index contributed by atoms with van der Waals surface area (Å²) in [7, 11) is 0. The number of nitrogens with zero attached hydrogens (tertiary/aromatic N) is 1. The molecule has 1 atom stereocenters. The quantitative estimate of drug-likeness (QED) is 0.323. The van der Waals surface area contributed by atoms with E-state index in [4.69, 9.17) is 10.5 Å². The SMILES string of the molecule is CCOC(=O)C[C@@H](N)c1cc(O)c(O)c([N+](=O)[O-])c1.Cl. The van der Waals surface area contributed by atoms with Gasteiger partial charge in [0.05, 0.1) is 18.0 Å². The maximum atomic E-state index is 11.2. The standard InChI is InChI=1S/C11H14N2O6.ClH/c1-2-19-10(15)5-7(12)6-3-8(13(17)18)11(16)9(14)4-6;/h3-4,7,14,16H,2,5,12H2,1H3;1H/t7-;/m1./s1. The van der Waals surface area contributed by atoms with Crippen LogP contribution in [0.1, 0.15) is 24.9 Å². The average Bonchev–Trinajstić information content (AvgIpc) is 2.32. The van der Waals surface area contributed by atoms with Crippen molar-refractivity contribution in [3.63, 3.8) is 0 Å². The molecule has 0 saturated carbocycles. The van der Waals surface area contributed by atoms with Crippen molar-refractivity contribution in [3.8, 4) is 11.5 Å². The molecule has 1 aromatic rings. The van der Waals surface area contributed by atoms with Crippen LogP contribution in [0.15, 0.2) is 12.1 Å². The predicted octanol–water partition coefficient (Wildman–Crippen LogP) is 1.38. The average molecular weight is 307 g/mol. The molecule has 0 aliphatic heterocycles. The van der Waals surface area contributed by atoms with Crippen molar-refractivity contribution in [2.45, 2.75) is 19.4 Å². The molecule has 112 valence electrons. The van der Waals surface area contributed by atoms with E-state index < -0.39 is 34.1 Å². The Morgan fingerprint density at radius 3 is 2.60 bits per heavy atom. The highest BCUT2D eigenvalue weighted by molar-refractivity contribution is 5.85. The molecule has 0 aromatic heterocycles. The lowest BCUT2D eigenvalue weighted by atomic mass is 10.0. The van der Waals surface area contributed by atoms with E-state index in [-0.39, 0.29) is 31.0 Å². The zero-order chi connectivity index (χ0) is 14.6. The molecule has 0 bridgehead atoms. The highest BCUT2D eigenvalue weighted by Gasteiger charge is 2.22. The van der Waals surface area contributed by atoms with Gasteiger partial charge in [0.2, 0.25) is 5.75 Å². The summed E-state index contributed by atoms with van der Waals surface area (Å²) in [5.41, 5.74) is 5.19. The van der Waals surface area contributed by atoms with Crippen LogP contribution in [-0.4, -0.2) is 27.7 Å². The fourth-order valence-electron chi connectivity index (χ4n) is 1.50. The van der Waals surface area contributed by atoms with E-state index in [1.807, 2.05) is 0 Å². The molecule has 0 aliphatic carbocycles. The van der Waals surface area contributed by atoms with Crippen LogP contribution in [0.4, 0.5) is 5.69 Å². The van der Waals surface area contributed by atoms with Crippen molar-refractivity contribution in [2.75, 3.05) is 6.61 Å². The minimum atomic E-state index is -0.871. The summed E-state index contributed by atoms with van der Waals surface area (Å²) in [4.78, 5) is 21.1. The van der Waals surface area contributed by atoms with E-state index in [9.17, 15) is 25.1 Å². The number of nitro benzene ring substituents is 1. The molecule has 0 fully saturated rings. The van der Waals surface area contributed by atoms with E-state index >= 15 is 0 Å². The summed E-state index contributed by atoms with van der Waals surface area (Å²) in [6.07, 6.45) is -0.185. The third kappa shape index (κ3) is 4.25. The molecule has 1 aromatic carbocycles. The Hall–Kier alpha value is -2.06. The minimum absolute atomic E-state index is 0. The second kappa shape index (κ2) is 7.51. The van der Waals surface area contributed by atoms with E-state index in [0.717, 1.165) is 12.1 Å². The van der Waals surface area contributed by atoms with Gasteiger partial charge in [0.25, 0.3) is 0 Å². The Morgan fingerprint density at radius 1 is 1.50 bits per heavy atom. The Morgan fingerprint density at radius 2 is 2.10 bits per heavy atom. The number of phenolic OH excluding ortho intramolecular Hbond substituents is 2. The molecule has 8 nitrogen and oxygen atoms in total. The van der Waals surface area contributed by atoms with Gasteiger partial charge in [-0.2, -0.15) is 0 Å². The van der Waals surface area contributed by atoms with E-state index in [1.54, 1.807) is 6.92 Å². The van der Waals surface area contributed by atoms with Crippen molar-refractivity contribution in [1.82, 2.24) is 0 Å². The van der Waals surface area contributed by atoms with Gasteiger partial charge in [-0.05, 0) is 18.6 Å². The molecule has 0 amide bonds. The highest BCUT2D eigenvalue weighted by atomic mass is 35.5. The van der Waals surface area contributed by atoms with Gasteiger partial charge in [0, 0.05) is 12.1 Å². The van der Waals surface area contributed by atoms with Crippen molar-refractivity contribution < 1.29 is 24.7 Å². The minimum Gasteiger partial charge on any atom is -0.504 e. The highest BCUT2D eigenvalue weighted by Crippen LogP contribution is 2.37. The summed E-state index contributed by atoms with van der Waals surface area (Å²) in [6, 6.07) is 1.22. The lowest BCUT2D eigenvalue weighted by molar-refractivity contribution is -0.386. The Balaban J connectivity index is 0.00000361. The summed E-state index contributed by atoms with van der Waals surface area (Å²) in [5, 5.41) is 29.4. The first-order chi connectivity index (χ1) is 8.86. The monoisotopic (exact) mass is 306 g/mol. The van der Waals surface area contributed by atoms with Crippen LogP contribution < -0.4 is 5.73 Å². The summed E-state index contributed by atoms with van der Waals surface area (Å²) >= 11 is 0. The summed E-state index contributed by atoms with van der Waals surface area (Å²) < 4.78 is 4.70. The van der Waals surface area contributed by atoms with Gasteiger partial charge in [-0.25, -0.2) is 0 Å². The van der Waals surface area contributed by atoms with Gasteiger partial charge < -0.3 is 20.7 Å².